The smallest absolute Gasteiger partial charge is 0.252 e. The van der Waals surface area contributed by atoms with E-state index in [0.29, 0.717) is 12.1 Å². The number of rotatable bonds is 8. The molecule has 0 saturated heterocycles. The highest BCUT2D eigenvalue weighted by Crippen LogP contribution is 2.09. The Bertz CT molecular complexity index is 535. The maximum absolute atomic E-state index is 12.4. The number of aryl methyl sites for hydroxylation is 1. The van der Waals surface area contributed by atoms with Gasteiger partial charge in [0.15, 0.2) is 0 Å². The van der Waals surface area contributed by atoms with Gasteiger partial charge >= 0.3 is 0 Å². The van der Waals surface area contributed by atoms with Crippen LogP contribution in [0.1, 0.15) is 43.6 Å². The van der Waals surface area contributed by atoms with Crippen LogP contribution < -0.4 is 16.0 Å². The van der Waals surface area contributed by atoms with E-state index in [1.165, 1.54) is 0 Å². The van der Waals surface area contributed by atoms with Crippen LogP contribution in [0, 0.1) is 12.8 Å². The van der Waals surface area contributed by atoms with Gasteiger partial charge in [0.1, 0.15) is 6.04 Å². The third kappa shape index (κ3) is 6.89. The van der Waals surface area contributed by atoms with Gasteiger partial charge in [0.05, 0.1) is 0 Å². The molecule has 1 aromatic rings. The van der Waals surface area contributed by atoms with Gasteiger partial charge < -0.3 is 16.0 Å². The molecule has 1 aromatic carbocycles. The topological polar surface area (TPSA) is 70.2 Å². The van der Waals surface area contributed by atoms with Crippen molar-refractivity contribution in [2.24, 2.45) is 5.92 Å². The van der Waals surface area contributed by atoms with Crippen molar-refractivity contribution in [3.8, 4) is 0 Å². The molecule has 1 rings (SSSR count). The predicted octanol–water partition coefficient (Wildman–Crippen LogP) is 2.29. The Morgan fingerprint density at radius 1 is 1.12 bits per heavy atom. The molecule has 0 radical (unpaired) electrons. The van der Waals surface area contributed by atoms with E-state index in [1.807, 2.05) is 52.8 Å². The fourth-order valence-corrected chi connectivity index (χ4v) is 2.37. The van der Waals surface area contributed by atoms with Crippen LogP contribution >= 0.6 is 12.4 Å². The number of hydrogen-bond acceptors (Lipinski definition) is 3. The number of carbonyl (C=O) groups is 2. The van der Waals surface area contributed by atoms with Crippen molar-refractivity contribution < 1.29 is 9.59 Å². The normalized spacial score (nSPS) is 12.9. The fourth-order valence-electron chi connectivity index (χ4n) is 2.37. The Morgan fingerprint density at radius 2 is 1.75 bits per heavy atom. The third-order valence-corrected chi connectivity index (χ3v) is 3.76. The molecule has 0 fully saturated rings. The summed E-state index contributed by atoms with van der Waals surface area (Å²) in [6, 6.07) is 7.02. The predicted molar refractivity (Wildman–Crippen MR) is 101 cm³/mol. The molecule has 0 heterocycles. The van der Waals surface area contributed by atoms with E-state index in [-0.39, 0.29) is 36.2 Å². The summed E-state index contributed by atoms with van der Waals surface area (Å²) < 4.78 is 0. The molecule has 0 aromatic heterocycles. The lowest BCUT2D eigenvalue weighted by Gasteiger charge is -2.23. The highest BCUT2D eigenvalue weighted by molar-refractivity contribution is 5.98. The highest BCUT2D eigenvalue weighted by atomic mass is 35.5. The van der Waals surface area contributed by atoms with Gasteiger partial charge in [-0.1, -0.05) is 39.0 Å². The summed E-state index contributed by atoms with van der Waals surface area (Å²) in [5.41, 5.74) is 1.50. The van der Waals surface area contributed by atoms with Crippen LogP contribution in [-0.4, -0.2) is 37.0 Å². The maximum Gasteiger partial charge on any atom is 0.252 e. The number of benzene rings is 1. The zero-order valence-electron chi connectivity index (χ0n) is 15.2. The van der Waals surface area contributed by atoms with Crippen LogP contribution in [0.5, 0.6) is 0 Å². The first kappa shape index (κ1) is 22.4. The Morgan fingerprint density at radius 3 is 2.29 bits per heavy atom. The molecule has 5 nitrogen and oxygen atoms in total. The van der Waals surface area contributed by atoms with Crippen LogP contribution in [0.4, 0.5) is 0 Å². The monoisotopic (exact) mass is 355 g/mol. The number of halogens is 1. The van der Waals surface area contributed by atoms with Gasteiger partial charge in [-0.3, -0.25) is 9.59 Å². The summed E-state index contributed by atoms with van der Waals surface area (Å²) >= 11 is 0. The zero-order chi connectivity index (χ0) is 17.4. The summed E-state index contributed by atoms with van der Waals surface area (Å²) in [5, 5.41) is 9.00. The molecule has 0 bridgehead atoms. The largest absolute Gasteiger partial charge is 0.353 e. The van der Waals surface area contributed by atoms with Gasteiger partial charge in [-0.15, -0.1) is 12.4 Å². The van der Waals surface area contributed by atoms with Gasteiger partial charge in [0.2, 0.25) is 5.91 Å². The van der Waals surface area contributed by atoms with Crippen molar-refractivity contribution in [1.29, 1.82) is 0 Å². The number of carbonyl (C=O) groups excluding carboxylic acids is 2. The summed E-state index contributed by atoms with van der Waals surface area (Å²) in [4.78, 5) is 24.8. The van der Waals surface area contributed by atoms with E-state index in [4.69, 9.17) is 0 Å². The van der Waals surface area contributed by atoms with E-state index >= 15 is 0 Å². The molecule has 0 aliphatic heterocycles. The number of nitrogens with one attached hydrogen (secondary N) is 3. The van der Waals surface area contributed by atoms with E-state index in [2.05, 4.69) is 16.0 Å². The number of amides is 2. The Kier molecular flexibility index (Phi) is 10.3. The molecular formula is C18H30ClN3O2. The van der Waals surface area contributed by atoms with E-state index in [0.717, 1.165) is 12.1 Å². The van der Waals surface area contributed by atoms with Crippen LogP contribution in [0.2, 0.25) is 0 Å². The van der Waals surface area contributed by atoms with Gasteiger partial charge in [0.25, 0.3) is 5.91 Å². The van der Waals surface area contributed by atoms with Crippen molar-refractivity contribution >= 4 is 24.2 Å². The first-order valence-corrected chi connectivity index (χ1v) is 8.24. The molecule has 0 aliphatic rings. The quantitative estimate of drug-likeness (QED) is 0.670. The van der Waals surface area contributed by atoms with Crippen molar-refractivity contribution in [2.45, 2.75) is 46.7 Å². The van der Waals surface area contributed by atoms with Crippen molar-refractivity contribution in [3.05, 3.63) is 35.4 Å². The minimum atomic E-state index is -0.545. The zero-order valence-corrected chi connectivity index (χ0v) is 16.0. The molecule has 0 saturated carbocycles. The van der Waals surface area contributed by atoms with Crippen molar-refractivity contribution in [3.63, 3.8) is 0 Å². The molecule has 0 spiro atoms. The average Bonchev–Trinajstić information content (AvgIpc) is 2.50. The lowest BCUT2D eigenvalue weighted by molar-refractivity contribution is -0.124. The second kappa shape index (κ2) is 11.0. The Hall–Kier alpha value is -1.59. The van der Waals surface area contributed by atoms with E-state index < -0.39 is 6.04 Å². The molecule has 6 heteroatoms. The van der Waals surface area contributed by atoms with Crippen LogP contribution in [0.3, 0.4) is 0 Å². The molecule has 0 aliphatic carbocycles. The lowest BCUT2D eigenvalue weighted by atomic mass is 10.0. The summed E-state index contributed by atoms with van der Waals surface area (Å²) in [5.74, 6) is -0.347. The van der Waals surface area contributed by atoms with Gasteiger partial charge in [-0.25, -0.2) is 0 Å². The second-order valence-corrected chi connectivity index (χ2v) is 6.21. The molecule has 136 valence electrons. The van der Waals surface area contributed by atoms with Crippen LogP contribution in [0.15, 0.2) is 24.3 Å². The number of likely N-dealkylation sites (N-methyl/N-ethyl adjacent to an activating group) is 1. The summed E-state index contributed by atoms with van der Waals surface area (Å²) in [7, 11) is 0. The highest BCUT2D eigenvalue weighted by Gasteiger charge is 2.25. The standard InChI is InChI=1S/C18H29N3O2.ClH/c1-6-19-14(5)11-20-18(23)16(12(2)3)21-17(22)15-10-8-7-9-13(15)4;/h7-10,12,14,16,19H,6,11H2,1-5H3,(H,20,23)(H,21,22);1H/t14-,16?;/m1./s1. The average molecular weight is 356 g/mol. The lowest BCUT2D eigenvalue weighted by Crippen LogP contribution is -2.51. The van der Waals surface area contributed by atoms with Gasteiger partial charge in [-0.2, -0.15) is 0 Å². The summed E-state index contributed by atoms with van der Waals surface area (Å²) in [6.07, 6.45) is 0. The van der Waals surface area contributed by atoms with Crippen LogP contribution in [-0.2, 0) is 4.79 Å². The van der Waals surface area contributed by atoms with Crippen molar-refractivity contribution in [2.75, 3.05) is 13.1 Å². The first-order chi connectivity index (χ1) is 10.9. The fraction of sp³-hybridized carbons (Fsp3) is 0.556. The Balaban J connectivity index is 0.00000529. The SMILES string of the molecule is CCN[C@H](C)CNC(=O)C(NC(=O)c1ccccc1C)C(C)C.Cl. The molecule has 24 heavy (non-hydrogen) atoms. The van der Waals surface area contributed by atoms with Crippen LogP contribution in [0.25, 0.3) is 0 Å². The Labute approximate surface area is 151 Å². The van der Waals surface area contributed by atoms with Gasteiger partial charge in [-0.05, 0) is 37.9 Å². The minimum Gasteiger partial charge on any atom is -0.353 e. The summed E-state index contributed by atoms with van der Waals surface area (Å²) in [6.45, 7) is 11.2. The third-order valence-electron chi connectivity index (χ3n) is 3.76. The van der Waals surface area contributed by atoms with Crippen molar-refractivity contribution in [1.82, 2.24) is 16.0 Å². The van der Waals surface area contributed by atoms with E-state index in [9.17, 15) is 9.59 Å². The molecule has 3 N–H and O–H groups in total. The van der Waals surface area contributed by atoms with Gasteiger partial charge in [0, 0.05) is 18.2 Å². The molecule has 1 unspecified atom stereocenters. The molecule has 2 atom stereocenters. The molecular weight excluding hydrogens is 326 g/mol. The minimum absolute atomic E-state index is 0. The maximum atomic E-state index is 12.4. The number of hydrogen-bond donors (Lipinski definition) is 3. The molecule has 2 amide bonds. The first-order valence-electron chi connectivity index (χ1n) is 8.24. The van der Waals surface area contributed by atoms with E-state index in [1.54, 1.807) is 6.07 Å². The second-order valence-electron chi connectivity index (χ2n) is 6.21.